The van der Waals surface area contributed by atoms with E-state index >= 15 is 0 Å². The fraction of sp³-hybridized carbons (Fsp3) is 0.500. The van der Waals surface area contributed by atoms with Crippen molar-refractivity contribution in [3.63, 3.8) is 0 Å². The Morgan fingerprint density at radius 2 is 2.41 bits per heavy atom. The number of ether oxygens (including phenoxy) is 1. The number of anilines is 1. The lowest BCUT2D eigenvalue weighted by molar-refractivity contribution is 0.0322. The first-order valence-corrected chi connectivity index (χ1v) is 5.65. The van der Waals surface area contributed by atoms with Gasteiger partial charge >= 0.3 is 6.09 Å². The number of pyridine rings is 1. The van der Waals surface area contributed by atoms with Crippen molar-refractivity contribution in [2.75, 3.05) is 18.1 Å². The van der Waals surface area contributed by atoms with Gasteiger partial charge in [-0.3, -0.25) is 9.88 Å². The Morgan fingerprint density at radius 3 is 3.12 bits per heavy atom. The molecule has 1 aromatic rings. The molecule has 1 N–H and O–H groups in total. The van der Waals surface area contributed by atoms with Gasteiger partial charge in [-0.15, -0.1) is 0 Å². The van der Waals surface area contributed by atoms with Crippen LogP contribution in [0.3, 0.4) is 0 Å². The molecule has 2 aliphatic rings. The molecule has 3 rings (SSSR count). The van der Waals surface area contributed by atoms with E-state index < -0.39 is 5.60 Å². The zero-order valence-corrected chi connectivity index (χ0v) is 9.80. The molecule has 17 heavy (non-hydrogen) atoms. The van der Waals surface area contributed by atoms with Gasteiger partial charge in [0, 0.05) is 18.7 Å². The SMILES string of the molecule is CC1(C)OC(=O)N2C[C@@H](CO)c3ccnc1c32. The van der Waals surface area contributed by atoms with E-state index in [1.807, 2.05) is 19.9 Å². The van der Waals surface area contributed by atoms with Gasteiger partial charge in [-0.2, -0.15) is 0 Å². The Morgan fingerprint density at radius 1 is 1.65 bits per heavy atom. The molecule has 3 heterocycles. The van der Waals surface area contributed by atoms with Crippen molar-refractivity contribution < 1.29 is 14.6 Å². The molecule has 5 heteroatoms. The first kappa shape index (κ1) is 10.5. The molecule has 1 amide bonds. The van der Waals surface area contributed by atoms with Crippen LogP contribution in [0, 0.1) is 0 Å². The second-order valence-corrected chi connectivity index (χ2v) is 4.97. The largest absolute Gasteiger partial charge is 0.437 e. The summed E-state index contributed by atoms with van der Waals surface area (Å²) in [6.45, 7) is 4.16. The maximum Gasteiger partial charge on any atom is 0.415 e. The number of carbonyl (C=O) groups is 1. The highest BCUT2D eigenvalue weighted by Gasteiger charge is 2.45. The summed E-state index contributed by atoms with van der Waals surface area (Å²) >= 11 is 0. The van der Waals surface area contributed by atoms with Crippen molar-refractivity contribution in [2.45, 2.75) is 25.4 Å². The van der Waals surface area contributed by atoms with Gasteiger partial charge in [0.15, 0.2) is 5.60 Å². The highest BCUT2D eigenvalue weighted by molar-refractivity contribution is 5.94. The molecular formula is C12H14N2O3. The number of cyclic esters (lactones) is 1. The number of hydrogen-bond acceptors (Lipinski definition) is 4. The number of nitrogens with zero attached hydrogens (tertiary/aromatic N) is 2. The first-order chi connectivity index (χ1) is 8.04. The molecule has 0 saturated carbocycles. The molecule has 0 fully saturated rings. The normalized spacial score (nSPS) is 24.5. The van der Waals surface area contributed by atoms with E-state index in [9.17, 15) is 9.90 Å². The van der Waals surface area contributed by atoms with E-state index in [-0.39, 0.29) is 18.6 Å². The Balaban J connectivity index is 2.24. The minimum atomic E-state index is -0.705. The summed E-state index contributed by atoms with van der Waals surface area (Å²) in [5.74, 6) is -0.0341. The van der Waals surface area contributed by atoms with Gasteiger partial charge in [0.2, 0.25) is 0 Å². The second-order valence-electron chi connectivity index (χ2n) is 4.97. The molecule has 1 atom stereocenters. The molecule has 2 aliphatic heterocycles. The highest BCUT2D eigenvalue weighted by Crippen LogP contribution is 2.46. The summed E-state index contributed by atoms with van der Waals surface area (Å²) in [4.78, 5) is 17.8. The Bertz CT molecular complexity index is 499. The van der Waals surface area contributed by atoms with Crippen LogP contribution in [-0.2, 0) is 10.3 Å². The van der Waals surface area contributed by atoms with Crippen LogP contribution < -0.4 is 4.90 Å². The maximum atomic E-state index is 11.9. The van der Waals surface area contributed by atoms with Gasteiger partial charge in [-0.1, -0.05) is 0 Å². The maximum absolute atomic E-state index is 11.9. The monoisotopic (exact) mass is 234 g/mol. The van der Waals surface area contributed by atoms with Crippen LogP contribution in [0.2, 0.25) is 0 Å². The van der Waals surface area contributed by atoms with Crippen LogP contribution in [0.1, 0.15) is 31.0 Å². The summed E-state index contributed by atoms with van der Waals surface area (Å²) in [7, 11) is 0. The van der Waals surface area contributed by atoms with E-state index in [4.69, 9.17) is 4.74 Å². The Kier molecular flexibility index (Phi) is 1.98. The molecule has 0 radical (unpaired) electrons. The lowest BCUT2D eigenvalue weighted by atomic mass is 9.96. The molecule has 0 aliphatic carbocycles. The fourth-order valence-corrected chi connectivity index (χ4v) is 2.58. The standard InChI is InChI=1S/C12H14N2O3/c1-12(2)10-9-8(3-4-13-10)7(6-15)5-14(9)11(16)17-12/h3-4,7,15H,5-6H2,1-2H3/t7-/m0/s1. The quantitative estimate of drug-likeness (QED) is 0.797. The lowest BCUT2D eigenvalue weighted by Crippen LogP contribution is -2.42. The number of hydrogen-bond donors (Lipinski definition) is 1. The topological polar surface area (TPSA) is 62.7 Å². The molecule has 5 nitrogen and oxygen atoms in total. The summed E-state index contributed by atoms with van der Waals surface area (Å²) in [6.07, 6.45) is 1.36. The number of aromatic nitrogens is 1. The average Bonchev–Trinajstić information content (AvgIpc) is 2.65. The van der Waals surface area contributed by atoms with Crippen LogP contribution in [0.5, 0.6) is 0 Å². The third kappa shape index (κ3) is 1.29. The molecule has 0 bridgehead atoms. The number of rotatable bonds is 1. The number of carbonyl (C=O) groups excluding carboxylic acids is 1. The molecule has 0 saturated heterocycles. The van der Waals surface area contributed by atoms with Crippen LogP contribution in [0.4, 0.5) is 10.5 Å². The van der Waals surface area contributed by atoms with Crippen molar-refractivity contribution in [3.05, 3.63) is 23.5 Å². The summed E-state index contributed by atoms with van der Waals surface area (Å²) in [5, 5.41) is 9.35. The number of aliphatic hydroxyl groups is 1. The van der Waals surface area contributed by atoms with Gasteiger partial charge in [0.05, 0.1) is 12.3 Å². The van der Waals surface area contributed by atoms with Crippen LogP contribution in [0.15, 0.2) is 12.3 Å². The fourth-order valence-electron chi connectivity index (χ4n) is 2.58. The molecule has 0 spiro atoms. The van der Waals surface area contributed by atoms with E-state index in [1.54, 1.807) is 11.1 Å². The first-order valence-electron chi connectivity index (χ1n) is 5.65. The predicted molar refractivity (Wildman–Crippen MR) is 60.9 cm³/mol. The zero-order chi connectivity index (χ0) is 12.2. The molecule has 0 unspecified atom stereocenters. The highest BCUT2D eigenvalue weighted by atomic mass is 16.6. The minimum Gasteiger partial charge on any atom is -0.437 e. The molecule has 0 aromatic carbocycles. The van der Waals surface area contributed by atoms with E-state index in [2.05, 4.69) is 4.98 Å². The zero-order valence-electron chi connectivity index (χ0n) is 9.80. The summed E-state index contributed by atoms with van der Waals surface area (Å²) in [5.41, 5.74) is 1.88. The molecule has 90 valence electrons. The van der Waals surface area contributed by atoms with E-state index in [0.717, 1.165) is 16.9 Å². The van der Waals surface area contributed by atoms with Crippen LogP contribution >= 0.6 is 0 Å². The van der Waals surface area contributed by atoms with Crippen molar-refractivity contribution in [1.29, 1.82) is 0 Å². The van der Waals surface area contributed by atoms with Gasteiger partial charge < -0.3 is 9.84 Å². The molecule has 1 aromatic heterocycles. The van der Waals surface area contributed by atoms with Crippen LogP contribution in [-0.4, -0.2) is 29.3 Å². The second kappa shape index (κ2) is 3.20. The lowest BCUT2D eigenvalue weighted by Gasteiger charge is -2.35. The smallest absolute Gasteiger partial charge is 0.415 e. The minimum absolute atomic E-state index is 0.0284. The van der Waals surface area contributed by atoms with Gasteiger partial charge in [-0.05, 0) is 25.5 Å². The summed E-state index contributed by atoms with van der Waals surface area (Å²) in [6, 6.07) is 1.87. The van der Waals surface area contributed by atoms with E-state index in [0.29, 0.717) is 6.54 Å². The van der Waals surface area contributed by atoms with Gasteiger partial charge in [-0.25, -0.2) is 4.79 Å². The third-order valence-electron chi connectivity index (χ3n) is 3.42. The molecular weight excluding hydrogens is 220 g/mol. The van der Waals surface area contributed by atoms with Crippen molar-refractivity contribution in [1.82, 2.24) is 4.98 Å². The summed E-state index contributed by atoms with van der Waals surface area (Å²) < 4.78 is 5.37. The van der Waals surface area contributed by atoms with Crippen molar-refractivity contribution in [2.24, 2.45) is 0 Å². The van der Waals surface area contributed by atoms with Gasteiger partial charge in [0.1, 0.15) is 5.69 Å². The van der Waals surface area contributed by atoms with Crippen LogP contribution in [0.25, 0.3) is 0 Å². The number of amides is 1. The van der Waals surface area contributed by atoms with Crippen molar-refractivity contribution in [3.8, 4) is 0 Å². The van der Waals surface area contributed by atoms with E-state index in [1.165, 1.54) is 0 Å². The average molecular weight is 234 g/mol. The number of aliphatic hydroxyl groups excluding tert-OH is 1. The van der Waals surface area contributed by atoms with Gasteiger partial charge in [0.25, 0.3) is 0 Å². The Hall–Kier alpha value is -1.62. The predicted octanol–water partition coefficient (Wildman–Crippen LogP) is 1.36. The Labute approximate surface area is 99.0 Å². The van der Waals surface area contributed by atoms with Crippen molar-refractivity contribution >= 4 is 11.8 Å². The third-order valence-corrected chi connectivity index (χ3v) is 3.42.